The predicted octanol–water partition coefficient (Wildman–Crippen LogP) is 1.15. The maximum Gasteiger partial charge on any atom is 0.227 e. The number of nitrogens with one attached hydrogen (secondary N) is 1. The summed E-state index contributed by atoms with van der Waals surface area (Å²) in [6.07, 6.45) is 2.80. The van der Waals surface area contributed by atoms with Crippen molar-refractivity contribution in [3.05, 3.63) is 35.8 Å². The van der Waals surface area contributed by atoms with Crippen LogP contribution in [0, 0.1) is 5.82 Å². The fourth-order valence-electron chi connectivity index (χ4n) is 2.65. The minimum absolute atomic E-state index is 0.00529. The summed E-state index contributed by atoms with van der Waals surface area (Å²) >= 11 is 0. The molecule has 110 valence electrons. The zero-order valence-electron chi connectivity index (χ0n) is 11.5. The molecule has 1 fully saturated rings. The summed E-state index contributed by atoms with van der Waals surface area (Å²) in [5, 5.41) is 0.745. The number of fused-ring (bicyclic) bond motifs is 1. The second kappa shape index (κ2) is 5.55. The van der Waals surface area contributed by atoms with Gasteiger partial charge in [-0.1, -0.05) is 0 Å². The molecule has 1 saturated heterocycles. The average Bonchev–Trinajstić information content (AvgIpc) is 2.89. The molecular formula is C15H16FN3O2. The topological polar surface area (TPSA) is 56.4 Å². The Morgan fingerprint density at radius 3 is 2.76 bits per heavy atom. The number of hydrogen-bond acceptors (Lipinski definition) is 2. The molecule has 21 heavy (non-hydrogen) atoms. The number of carbonyl (C=O) groups excluding carboxylic acids is 2. The first-order valence-corrected chi connectivity index (χ1v) is 6.90. The van der Waals surface area contributed by atoms with E-state index in [1.165, 1.54) is 12.1 Å². The van der Waals surface area contributed by atoms with E-state index in [1.807, 2.05) is 0 Å². The highest BCUT2D eigenvalue weighted by Crippen LogP contribution is 2.20. The molecule has 1 aromatic carbocycles. The van der Waals surface area contributed by atoms with Gasteiger partial charge in [0.25, 0.3) is 0 Å². The minimum atomic E-state index is -0.310. The van der Waals surface area contributed by atoms with Crippen molar-refractivity contribution in [2.24, 2.45) is 0 Å². The van der Waals surface area contributed by atoms with Crippen LogP contribution in [-0.4, -0.2) is 53.3 Å². The van der Waals surface area contributed by atoms with Crippen LogP contribution in [-0.2, 0) is 16.0 Å². The number of nitrogens with zero attached hydrogens (tertiary/aromatic N) is 2. The number of H-pyrrole nitrogens is 1. The Morgan fingerprint density at radius 2 is 2.05 bits per heavy atom. The molecule has 0 aliphatic carbocycles. The molecule has 6 heteroatoms. The minimum Gasteiger partial charge on any atom is -0.361 e. The van der Waals surface area contributed by atoms with Gasteiger partial charge in [0.15, 0.2) is 0 Å². The van der Waals surface area contributed by atoms with Crippen molar-refractivity contribution in [2.45, 2.75) is 6.42 Å². The van der Waals surface area contributed by atoms with Crippen molar-refractivity contribution in [1.29, 1.82) is 0 Å². The molecule has 0 bridgehead atoms. The summed E-state index contributed by atoms with van der Waals surface area (Å²) in [5.74, 6) is -0.305. The lowest BCUT2D eigenvalue weighted by molar-refractivity contribution is -0.134. The highest BCUT2D eigenvalue weighted by molar-refractivity contribution is 5.89. The van der Waals surface area contributed by atoms with Gasteiger partial charge in [-0.2, -0.15) is 0 Å². The normalized spacial score (nSPS) is 15.5. The highest BCUT2D eigenvalue weighted by Gasteiger charge is 2.21. The monoisotopic (exact) mass is 289 g/mol. The van der Waals surface area contributed by atoms with Crippen molar-refractivity contribution >= 4 is 23.2 Å². The zero-order chi connectivity index (χ0) is 14.8. The second-order valence-corrected chi connectivity index (χ2v) is 5.20. The molecule has 2 heterocycles. The number of piperazine rings is 1. The molecule has 0 unspecified atom stereocenters. The maximum absolute atomic E-state index is 13.3. The van der Waals surface area contributed by atoms with E-state index < -0.39 is 0 Å². The number of benzene rings is 1. The van der Waals surface area contributed by atoms with E-state index in [0.717, 1.165) is 22.9 Å². The van der Waals surface area contributed by atoms with Gasteiger partial charge in [-0.25, -0.2) is 4.39 Å². The van der Waals surface area contributed by atoms with Crippen LogP contribution in [0.5, 0.6) is 0 Å². The molecule has 1 aliphatic heterocycles. The summed E-state index contributed by atoms with van der Waals surface area (Å²) in [6.45, 7) is 2.23. The Kier molecular flexibility index (Phi) is 3.60. The summed E-state index contributed by atoms with van der Waals surface area (Å²) in [4.78, 5) is 29.4. The van der Waals surface area contributed by atoms with Gasteiger partial charge < -0.3 is 14.8 Å². The standard InChI is InChI=1S/C15H16FN3O2/c16-12-1-2-14-13(8-12)11(9-17-14)7-15(21)19-5-3-18(10-20)4-6-19/h1-2,8-10,17H,3-7H2. The first kappa shape index (κ1) is 13.6. The largest absolute Gasteiger partial charge is 0.361 e. The van der Waals surface area contributed by atoms with Crippen LogP contribution in [0.25, 0.3) is 10.9 Å². The Bertz CT molecular complexity index is 675. The Hall–Kier alpha value is -2.37. The molecule has 2 amide bonds. The van der Waals surface area contributed by atoms with Crippen LogP contribution in [0.1, 0.15) is 5.56 Å². The lowest BCUT2D eigenvalue weighted by Gasteiger charge is -2.32. The Balaban J connectivity index is 1.72. The van der Waals surface area contributed by atoms with Crippen molar-refractivity contribution < 1.29 is 14.0 Å². The van der Waals surface area contributed by atoms with Crippen LogP contribution in [0.3, 0.4) is 0 Å². The van der Waals surface area contributed by atoms with E-state index in [1.54, 1.807) is 22.1 Å². The van der Waals surface area contributed by atoms with Gasteiger partial charge >= 0.3 is 0 Å². The molecule has 1 aliphatic rings. The number of amides is 2. The molecule has 0 atom stereocenters. The van der Waals surface area contributed by atoms with Gasteiger partial charge in [0.05, 0.1) is 6.42 Å². The fourth-order valence-corrected chi connectivity index (χ4v) is 2.65. The van der Waals surface area contributed by atoms with E-state index in [9.17, 15) is 14.0 Å². The molecular weight excluding hydrogens is 273 g/mol. The smallest absolute Gasteiger partial charge is 0.227 e. The SMILES string of the molecule is O=CN1CCN(C(=O)Cc2c[nH]c3ccc(F)cc23)CC1. The van der Waals surface area contributed by atoms with Crippen LogP contribution in [0.4, 0.5) is 4.39 Å². The second-order valence-electron chi connectivity index (χ2n) is 5.20. The van der Waals surface area contributed by atoms with Crippen LogP contribution in [0.2, 0.25) is 0 Å². The lowest BCUT2D eigenvalue weighted by Crippen LogP contribution is -2.48. The summed E-state index contributed by atoms with van der Waals surface area (Å²) < 4.78 is 13.3. The Morgan fingerprint density at radius 1 is 1.29 bits per heavy atom. The van der Waals surface area contributed by atoms with Crippen molar-refractivity contribution in [3.63, 3.8) is 0 Å². The van der Waals surface area contributed by atoms with Crippen molar-refractivity contribution in [1.82, 2.24) is 14.8 Å². The molecule has 1 aromatic heterocycles. The molecule has 0 spiro atoms. The van der Waals surface area contributed by atoms with Gasteiger partial charge in [0, 0.05) is 43.3 Å². The van der Waals surface area contributed by atoms with Gasteiger partial charge in [-0.15, -0.1) is 0 Å². The number of rotatable bonds is 3. The molecule has 1 N–H and O–H groups in total. The zero-order valence-corrected chi connectivity index (χ0v) is 11.5. The van der Waals surface area contributed by atoms with Crippen LogP contribution >= 0.6 is 0 Å². The number of aromatic nitrogens is 1. The third kappa shape index (κ3) is 2.74. The fraction of sp³-hybridized carbons (Fsp3) is 0.333. The summed E-state index contributed by atoms with van der Waals surface area (Å²) in [7, 11) is 0. The van der Waals surface area contributed by atoms with Crippen LogP contribution in [0.15, 0.2) is 24.4 Å². The first-order chi connectivity index (χ1) is 10.2. The van der Waals surface area contributed by atoms with Gasteiger partial charge in [0.1, 0.15) is 5.82 Å². The maximum atomic E-state index is 13.3. The lowest BCUT2D eigenvalue weighted by atomic mass is 10.1. The Labute approximate surface area is 121 Å². The van der Waals surface area contributed by atoms with Gasteiger partial charge in [0.2, 0.25) is 12.3 Å². The number of hydrogen-bond donors (Lipinski definition) is 1. The quantitative estimate of drug-likeness (QED) is 0.862. The molecule has 0 radical (unpaired) electrons. The van der Waals surface area contributed by atoms with E-state index in [2.05, 4.69) is 4.98 Å². The predicted molar refractivity (Wildman–Crippen MR) is 76.2 cm³/mol. The number of halogens is 1. The third-order valence-electron chi connectivity index (χ3n) is 3.89. The number of aromatic amines is 1. The van der Waals surface area contributed by atoms with E-state index in [0.29, 0.717) is 26.2 Å². The highest BCUT2D eigenvalue weighted by atomic mass is 19.1. The van der Waals surface area contributed by atoms with E-state index in [-0.39, 0.29) is 18.1 Å². The summed E-state index contributed by atoms with van der Waals surface area (Å²) in [6, 6.07) is 4.50. The van der Waals surface area contributed by atoms with Crippen molar-refractivity contribution in [3.8, 4) is 0 Å². The average molecular weight is 289 g/mol. The molecule has 2 aromatic rings. The first-order valence-electron chi connectivity index (χ1n) is 6.90. The molecule has 3 rings (SSSR count). The van der Waals surface area contributed by atoms with Gasteiger partial charge in [-0.3, -0.25) is 9.59 Å². The van der Waals surface area contributed by atoms with Crippen molar-refractivity contribution in [2.75, 3.05) is 26.2 Å². The summed E-state index contributed by atoms with van der Waals surface area (Å²) in [5.41, 5.74) is 1.62. The molecule has 5 nitrogen and oxygen atoms in total. The van der Waals surface area contributed by atoms with E-state index >= 15 is 0 Å². The van der Waals surface area contributed by atoms with Crippen LogP contribution < -0.4 is 0 Å². The number of carbonyl (C=O) groups is 2. The molecule has 0 saturated carbocycles. The van der Waals surface area contributed by atoms with E-state index in [4.69, 9.17) is 0 Å². The third-order valence-corrected chi connectivity index (χ3v) is 3.89. The van der Waals surface area contributed by atoms with Gasteiger partial charge in [-0.05, 0) is 23.8 Å².